The zero-order valence-electron chi connectivity index (χ0n) is 11.6. The van der Waals surface area contributed by atoms with Gasteiger partial charge in [0.2, 0.25) is 10.0 Å². The number of sulfonamides is 1. The molecule has 0 bridgehead atoms. The maximum absolute atomic E-state index is 12.5. The van der Waals surface area contributed by atoms with Crippen LogP contribution in [0.15, 0.2) is 24.3 Å². The summed E-state index contributed by atoms with van der Waals surface area (Å²) < 4.78 is 25.8. The Bertz CT molecular complexity index is 654. The lowest BCUT2D eigenvalue weighted by molar-refractivity contribution is 0.153. The molecule has 0 spiro atoms. The third kappa shape index (κ3) is 1.98. The largest absolute Gasteiger partial charge is 0.334 e. The van der Waals surface area contributed by atoms with Crippen LogP contribution in [0.5, 0.6) is 0 Å². The van der Waals surface area contributed by atoms with Crippen molar-refractivity contribution in [2.75, 3.05) is 12.3 Å². The highest BCUT2D eigenvalue weighted by Crippen LogP contribution is 2.39. The number of hydrogen-bond donors (Lipinski definition) is 0. The van der Waals surface area contributed by atoms with Crippen LogP contribution in [0.4, 0.5) is 4.79 Å². The smallest absolute Gasteiger partial charge is 0.311 e. The first-order valence-electron chi connectivity index (χ1n) is 6.79. The molecule has 5 nitrogen and oxygen atoms in total. The number of carbonyl (C=O) groups excluding carboxylic acids is 1. The highest BCUT2D eigenvalue weighted by atomic mass is 32.2. The summed E-state index contributed by atoms with van der Waals surface area (Å²) in [6.07, 6.45) is 0. The molecular weight excluding hydrogens is 276 g/mol. The highest BCUT2D eigenvalue weighted by Gasteiger charge is 2.46. The van der Waals surface area contributed by atoms with E-state index < -0.39 is 10.0 Å². The summed E-state index contributed by atoms with van der Waals surface area (Å²) in [7, 11) is -3.52. The minimum absolute atomic E-state index is 0.0114. The predicted octanol–water partition coefficient (Wildman–Crippen LogP) is 1.96. The predicted molar refractivity (Wildman–Crippen MR) is 75.5 cm³/mol. The second-order valence-electron chi connectivity index (χ2n) is 5.83. The molecule has 0 N–H and O–H groups in total. The van der Waals surface area contributed by atoms with Crippen LogP contribution in [0.3, 0.4) is 0 Å². The van der Waals surface area contributed by atoms with Crippen LogP contribution >= 0.6 is 0 Å². The molecule has 1 unspecified atom stereocenters. The van der Waals surface area contributed by atoms with Gasteiger partial charge in [0.05, 0.1) is 11.8 Å². The number of hydrogen-bond acceptors (Lipinski definition) is 3. The van der Waals surface area contributed by atoms with Crippen molar-refractivity contribution in [2.45, 2.75) is 26.4 Å². The van der Waals surface area contributed by atoms with Gasteiger partial charge < -0.3 is 4.90 Å². The van der Waals surface area contributed by atoms with Crippen LogP contribution < -0.4 is 0 Å². The van der Waals surface area contributed by atoms with Gasteiger partial charge in [-0.15, -0.1) is 0 Å². The average molecular weight is 294 g/mol. The van der Waals surface area contributed by atoms with Crippen LogP contribution in [0.2, 0.25) is 0 Å². The molecule has 0 aromatic heterocycles. The van der Waals surface area contributed by atoms with Crippen molar-refractivity contribution in [1.29, 1.82) is 0 Å². The van der Waals surface area contributed by atoms with Gasteiger partial charge in [-0.05, 0) is 17.0 Å². The molecule has 2 amide bonds. The Labute approximate surface area is 119 Å². The summed E-state index contributed by atoms with van der Waals surface area (Å²) in [5, 5.41) is 0. The van der Waals surface area contributed by atoms with E-state index in [2.05, 4.69) is 0 Å². The molecule has 0 radical (unpaired) electrons. The highest BCUT2D eigenvalue weighted by molar-refractivity contribution is 7.89. The fraction of sp³-hybridized carbons (Fsp3) is 0.500. The number of nitrogens with zero attached hydrogens (tertiary/aromatic N) is 2. The summed E-state index contributed by atoms with van der Waals surface area (Å²) in [4.78, 5) is 14.2. The van der Waals surface area contributed by atoms with E-state index >= 15 is 0 Å². The number of benzene rings is 1. The molecule has 1 saturated heterocycles. The Morgan fingerprint density at radius 2 is 2.00 bits per heavy atom. The van der Waals surface area contributed by atoms with Gasteiger partial charge in [0.15, 0.2) is 0 Å². The van der Waals surface area contributed by atoms with E-state index in [1.165, 1.54) is 0 Å². The summed E-state index contributed by atoms with van der Waals surface area (Å²) in [6.45, 7) is 4.58. The zero-order valence-corrected chi connectivity index (χ0v) is 12.4. The fourth-order valence-electron chi connectivity index (χ4n) is 2.92. The van der Waals surface area contributed by atoms with Crippen LogP contribution in [0.25, 0.3) is 0 Å². The lowest BCUT2D eigenvalue weighted by atomic mass is 10.1. The second kappa shape index (κ2) is 4.48. The molecule has 2 aliphatic heterocycles. The molecule has 3 rings (SSSR count). The lowest BCUT2D eigenvalue weighted by Crippen LogP contribution is -2.54. The third-order valence-corrected chi connectivity index (χ3v) is 5.54. The molecule has 0 aliphatic carbocycles. The Hall–Kier alpha value is -1.56. The van der Waals surface area contributed by atoms with Crippen LogP contribution in [-0.4, -0.2) is 36.0 Å². The number of rotatable bonds is 2. The normalized spacial score (nSPS) is 23.9. The molecular formula is C14H18N2O3S. The van der Waals surface area contributed by atoms with Gasteiger partial charge in [-0.1, -0.05) is 38.1 Å². The number of amides is 2. The van der Waals surface area contributed by atoms with Gasteiger partial charge in [-0.3, -0.25) is 0 Å². The molecule has 6 heteroatoms. The maximum Gasteiger partial charge on any atom is 0.334 e. The first-order valence-corrected chi connectivity index (χ1v) is 8.40. The Kier molecular flexibility index (Phi) is 3.01. The van der Waals surface area contributed by atoms with Gasteiger partial charge in [0.25, 0.3) is 0 Å². The average Bonchev–Trinajstić information content (AvgIpc) is 2.73. The second-order valence-corrected chi connectivity index (χ2v) is 7.77. The van der Waals surface area contributed by atoms with Gasteiger partial charge in [0, 0.05) is 13.1 Å². The molecule has 1 aromatic rings. The fourth-order valence-corrected chi connectivity index (χ4v) is 4.73. The molecule has 108 valence electrons. The van der Waals surface area contributed by atoms with Gasteiger partial charge >= 0.3 is 6.03 Å². The van der Waals surface area contributed by atoms with Crippen LogP contribution in [0.1, 0.15) is 31.0 Å². The third-order valence-electron chi connectivity index (χ3n) is 3.83. The van der Waals surface area contributed by atoms with E-state index in [0.717, 1.165) is 15.4 Å². The minimum Gasteiger partial charge on any atom is -0.311 e. The molecule has 2 heterocycles. The van der Waals surface area contributed by atoms with Crippen LogP contribution in [-0.2, 0) is 16.6 Å². The minimum atomic E-state index is -3.52. The van der Waals surface area contributed by atoms with Crippen molar-refractivity contribution in [3.63, 3.8) is 0 Å². The standard InChI is InChI=1S/C14H18N2O3S/c1-10(2)7-16-14(17)15-8-11-5-3-4-6-12(11)13(15)9-20(16,18)19/h3-6,10,13H,7-9H2,1-2H3. The van der Waals surface area contributed by atoms with Crippen molar-refractivity contribution in [3.05, 3.63) is 35.4 Å². The summed E-state index contributed by atoms with van der Waals surface area (Å²) in [5.74, 6) is 0.109. The molecule has 1 fully saturated rings. The SMILES string of the molecule is CC(C)CN1C(=O)N2Cc3ccccc3C2CS1(=O)=O. The monoisotopic (exact) mass is 294 g/mol. The van der Waals surface area contributed by atoms with Crippen molar-refractivity contribution in [3.8, 4) is 0 Å². The van der Waals surface area contributed by atoms with Gasteiger partial charge in [-0.25, -0.2) is 17.5 Å². The lowest BCUT2D eigenvalue weighted by Gasteiger charge is -2.37. The quantitative estimate of drug-likeness (QED) is 0.838. The van der Waals surface area contributed by atoms with Crippen molar-refractivity contribution >= 4 is 16.1 Å². The zero-order chi connectivity index (χ0) is 14.5. The van der Waals surface area contributed by atoms with Crippen molar-refractivity contribution < 1.29 is 13.2 Å². The van der Waals surface area contributed by atoms with Crippen LogP contribution in [0, 0.1) is 5.92 Å². The van der Waals surface area contributed by atoms with E-state index in [-0.39, 0.29) is 30.3 Å². The van der Waals surface area contributed by atoms with Crippen molar-refractivity contribution in [2.24, 2.45) is 5.92 Å². The summed E-state index contributed by atoms with van der Waals surface area (Å²) >= 11 is 0. The number of urea groups is 1. The Morgan fingerprint density at radius 3 is 2.70 bits per heavy atom. The molecule has 1 aromatic carbocycles. The Morgan fingerprint density at radius 1 is 1.30 bits per heavy atom. The first kappa shape index (κ1) is 13.4. The maximum atomic E-state index is 12.5. The van der Waals surface area contributed by atoms with Gasteiger partial charge in [0.1, 0.15) is 0 Å². The summed E-state index contributed by atoms with van der Waals surface area (Å²) in [5.41, 5.74) is 2.01. The number of fused-ring (bicyclic) bond motifs is 3. The van der Waals surface area contributed by atoms with E-state index in [4.69, 9.17) is 0 Å². The molecule has 0 saturated carbocycles. The van der Waals surface area contributed by atoms with E-state index in [9.17, 15) is 13.2 Å². The van der Waals surface area contributed by atoms with E-state index in [1.54, 1.807) is 4.90 Å². The van der Waals surface area contributed by atoms with E-state index in [0.29, 0.717) is 6.54 Å². The van der Waals surface area contributed by atoms with E-state index in [1.807, 2.05) is 38.1 Å². The van der Waals surface area contributed by atoms with Gasteiger partial charge in [-0.2, -0.15) is 0 Å². The molecule has 20 heavy (non-hydrogen) atoms. The number of carbonyl (C=O) groups is 1. The summed E-state index contributed by atoms with van der Waals surface area (Å²) in [6, 6.07) is 6.97. The first-order chi connectivity index (χ1) is 9.40. The molecule has 2 aliphatic rings. The molecule has 1 atom stereocenters. The van der Waals surface area contributed by atoms with Crippen molar-refractivity contribution in [1.82, 2.24) is 9.21 Å². The Balaban J connectivity index is 1.99. The topological polar surface area (TPSA) is 57.7 Å².